The Morgan fingerprint density at radius 3 is 1.53 bits per heavy atom. The van der Waals surface area contributed by atoms with Crippen LogP contribution in [0.1, 0.15) is 36.0 Å². The molecule has 0 unspecified atom stereocenters. The standard InChI is InChI=1S/C25H26N2O3/c26-23(28)17-16-22(18-24(29)30)27-25(19-10-4-1-5-11-19,20-12-6-2-7-13-20)21-14-8-3-9-15-21/h1-15,22,27H,16-18H2,(H2,26,28)(H,29,30)/t22-/m0/s1. The maximum absolute atomic E-state index is 11.6. The third-order valence-electron chi connectivity index (χ3n) is 5.20. The lowest BCUT2D eigenvalue weighted by atomic mass is 9.76. The van der Waals surface area contributed by atoms with Crippen LogP contribution in [0.15, 0.2) is 91.0 Å². The van der Waals surface area contributed by atoms with Crippen molar-refractivity contribution in [3.05, 3.63) is 108 Å². The third kappa shape index (κ3) is 4.93. The first-order chi connectivity index (χ1) is 14.5. The van der Waals surface area contributed by atoms with E-state index in [9.17, 15) is 14.7 Å². The van der Waals surface area contributed by atoms with Crippen LogP contribution in [-0.4, -0.2) is 23.0 Å². The Hall–Kier alpha value is -3.44. The minimum absolute atomic E-state index is 0.111. The van der Waals surface area contributed by atoms with Crippen molar-refractivity contribution in [1.29, 1.82) is 0 Å². The van der Waals surface area contributed by atoms with Crippen molar-refractivity contribution >= 4 is 11.9 Å². The molecule has 0 aliphatic heterocycles. The first-order valence-corrected chi connectivity index (χ1v) is 9.96. The van der Waals surface area contributed by atoms with E-state index in [0.717, 1.165) is 16.7 Å². The molecule has 3 aromatic carbocycles. The molecule has 1 atom stereocenters. The van der Waals surface area contributed by atoms with Crippen LogP contribution in [0.25, 0.3) is 0 Å². The summed E-state index contributed by atoms with van der Waals surface area (Å²) in [7, 11) is 0. The summed E-state index contributed by atoms with van der Waals surface area (Å²) in [6.45, 7) is 0. The summed E-state index contributed by atoms with van der Waals surface area (Å²) in [5.74, 6) is -1.38. The topological polar surface area (TPSA) is 92.4 Å². The van der Waals surface area contributed by atoms with E-state index in [4.69, 9.17) is 5.73 Å². The van der Waals surface area contributed by atoms with Crippen molar-refractivity contribution in [3.63, 3.8) is 0 Å². The molecule has 0 saturated heterocycles. The van der Waals surface area contributed by atoms with Crippen molar-refractivity contribution in [3.8, 4) is 0 Å². The number of hydrogen-bond acceptors (Lipinski definition) is 3. The van der Waals surface area contributed by atoms with Crippen LogP contribution < -0.4 is 11.1 Å². The molecule has 0 saturated carbocycles. The van der Waals surface area contributed by atoms with Gasteiger partial charge in [-0.3, -0.25) is 14.9 Å². The van der Waals surface area contributed by atoms with Gasteiger partial charge in [-0.2, -0.15) is 0 Å². The molecule has 0 aromatic heterocycles. The summed E-state index contributed by atoms with van der Waals surface area (Å²) in [6, 6.07) is 29.3. The number of hydrogen-bond donors (Lipinski definition) is 3. The van der Waals surface area contributed by atoms with Gasteiger partial charge in [-0.25, -0.2) is 0 Å². The second kappa shape index (κ2) is 9.85. The Bertz CT molecular complexity index is 863. The van der Waals surface area contributed by atoms with Crippen LogP contribution in [0.5, 0.6) is 0 Å². The fourth-order valence-corrected chi connectivity index (χ4v) is 3.87. The van der Waals surface area contributed by atoms with Gasteiger partial charge in [-0.1, -0.05) is 91.0 Å². The van der Waals surface area contributed by atoms with Crippen molar-refractivity contribution in [1.82, 2.24) is 5.32 Å². The predicted octanol–water partition coefficient (Wildman–Crippen LogP) is 3.68. The maximum Gasteiger partial charge on any atom is 0.304 e. The van der Waals surface area contributed by atoms with E-state index >= 15 is 0 Å². The van der Waals surface area contributed by atoms with Gasteiger partial charge >= 0.3 is 5.97 Å². The van der Waals surface area contributed by atoms with Crippen LogP contribution in [0.4, 0.5) is 0 Å². The van der Waals surface area contributed by atoms with Gasteiger partial charge in [0.15, 0.2) is 0 Å². The summed E-state index contributed by atoms with van der Waals surface area (Å²) < 4.78 is 0. The molecule has 5 heteroatoms. The lowest BCUT2D eigenvalue weighted by Gasteiger charge is -2.40. The van der Waals surface area contributed by atoms with Crippen molar-refractivity contribution < 1.29 is 14.7 Å². The first-order valence-electron chi connectivity index (χ1n) is 9.96. The van der Waals surface area contributed by atoms with Gasteiger partial charge in [0.25, 0.3) is 0 Å². The highest BCUT2D eigenvalue weighted by Gasteiger charge is 2.38. The number of carbonyl (C=O) groups excluding carboxylic acids is 1. The highest BCUT2D eigenvalue weighted by atomic mass is 16.4. The highest BCUT2D eigenvalue weighted by Crippen LogP contribution is 2.37. The van der Waals surface area contributed by atoms with E-state index in [1.807, 2.05) is 91.0 Å². The molecule has 3 rings (SSSR count). The summed E-state index contributed by atoms with van der Waals surface area (Å²) in [4.78, 5) is 23.0. The minimum atomic E-state index is -0.931. The van der Waals surface area contributed by atoms with Gasteiger partial charge in [-0.15, -0.1) is 0 Å². The fourth-order valence-electron chi connectivity index (χ4n) is 3.87. The average molecular weight is 402 g/mol. The van der Waals surface area contributed by atoms with E-state index in [1.165, 1.54) is 0 Å². The van der Waals surface area contributed by atoms with Gasteiger partial charge in [0.1, 0.15) is 0 Å². The SMILES string of the molecule is NC(=O)CC[C@@H](CC(=O)O)NC(c1ccccc1)(c1ccccc1)c1ccccc1. The summed E-state index contributed by atoms with van der Waals surface area (Å²) >= 11 is 0. The van der Waals surface area contributed by atoms with Gasteiger partial charge in [0.2, 0.25) is 5.91 Å². The molecule has 154 valence electrons. The van der Waals surface area contributed by atoms with Crippen molar-refractivity contribution in [2.75, 3.05) is 0 Å². The molecule has 0 fully saturated rings. The molecule has 0 spiro atoms. The van der Waals surface area contributed by atoms with Crippen LogP contribution in [0, 0.1) is 0 Å². The van der Waals surface area contributed by atoms with E-state index < -0.39 is 23.5 Å². The molecule has 1 amide bonds. The Balaban J connectivity index is 2.19. The van der Waals surface area contributed by atoms with Crippen LogP contribution >= 0.6 is 0 Å². The maximum atomic E-state index is 11.6. The zero-order valence-electron chi connectivity index (χ0n) is 16.7. The molecule has 0 radical (unpaired) electrons. The summed E-state index contributed by atoms with van der Waals surface area (Å²) in [5.41, 5.74) is 7.51. The quantitative estimate of drug-likeness (QED) is 0.451. The average Bonchev–Trinajstić information content (AvgIpc) is 2.77. The largest absolute Gasteiger partial charge is 0.481 e. The molecular formula is C25H26N2O3. The number of carboxylic acid groups (broad SMARTS) is 1. The van der Waals surface area contributed by atoms with Gasteiger partial charge < -0.3 is 10.8 Å². The van der Waals surface area contributed by atoms with Gasteiger partial charge in [0, 0.05) is 12.5 Å². The molecule has 0 heterocycles. The lowest BCUT2D eigenvalue weighted by molar-refractivity contribution is -0.137. The third-order valence-corrected chi connectivity index (χ3v) is 5.20. The number of primary amides is 1. The van der Waals surface area contributed by atoms with Crippen LogP contribution in [0.3, 0.4) is 0 Å². The molecular weight excluding hydrogens is 376 g/mol. The zero-order valence-corrected chi connectivity index (χ0v) is 16.7. The fraction of sp³-hybridized carbons (Fsp3) is 0.200. The van der Waals surface area contributed by atoms with E-state index in [1.54, 1.807) is 0 Å². The van der Waals surface area contributed by atoms with E-state index in [0.29, 0.717) is 6.42 Å². The molecule has 0 bridgehead atoms. The number of aliphatic carboxylic acids is 1. The lowest BCUT2D eigenvalue weighted by Crippen LogP contribution is -2.50. The zero-order chi connectivity index (χ0) is 21.4. The predicted molar refractivity (Wildman–Crippen MR) is 117 cm³/mol. The van der Waals surface area contributed by atoms with Crippen LogP contribution in [-0.2, 0) is 15.1 Å². The van der Waals surface area contributed by atoms with Crippen LogP contribution in [0.2, 0.25) is 0 Å². The van der Waals surface area contributed by atoms with E-state index in [-0.39, 0.29) is 12.8 Å². The first kappa shape index (κ1) is 21.3. The molecule has 3 aromatic rings. The minimum Gasteiger partial charge on any atom is -0.481 e. The Morgan fingerprint density at radius 2 is 1.20 bits per heavy atom. The van der Waals surface area contributed by atoms with Gasteiger partial charge in [-0.05, 0) is 23.1 Å². The number of rotatable bonds is 10. The smallest absolute Gasteiger partial charge is 0.304 e. The second-order valence-corrected chi connectivity index (χ2v) is 7.29. The number of nitrogens with one attached hydrogen (secondary N) is 1. The second-order valence-electron chi connectivity index (χ2n) is 7.29. The normalized spacial score (nSPS) is 12.3. The van der Waals surface area contributed by atoms with Gasteiger partial charge in [0.05, 0.1) is 12.0 Å². The Labute approximate surface area is 176 Å². The number of benzene rings is 3. The molecule has 30 heavy (non-hydrogen) atoms. The Kier molecular flexibility index (Phi) is 6.99. The number of carboxylic acids is 1. The Morgan fingerprint density at radius 1 is 0.800 bits per heavy atom. The number of amides is 1. The number of carbonyl (C=O) groups is 2. The van der Waals surface area contributed by atoms with Crippen molar-refractivity contribution in [2.45, 2.75) is 30.8 Å². The molecule has 4 N–H and O–H groups in total. The molecule has 0 aliphatic carbocycles. The summed E-state index contributed by atoms with van der Waals surface area (Å²) in [6.07, 6.45) is 0.316. The molecule has 0 aliphatic rings. The summed E-state index contributed by atoms with van der Waals surface area (Å²) in [5, 5.41) is 13.1. The highest BCUT2D eigenvalue weighted by molar-refractivity contribution is 5.74. The number of nitrogens with two attached hydrogens (primary N) is 1. The van der Waals surface area contributed by atoms with Crippen molar-refractivity contribution in [2.24, 2.45) is 5.73 Å². The molecule has 5 nitrogen and oxygen atoms in total. The van der Waals surface area contributed by atoms with E-state index in [2.05, 4.69) is 5.32 Å². The monoisotopic (exact) mass is 402 g/mol.